The van der Waals surface area contributed by atoms with E-state index in [0.717, 1.165) is 12.1 Å². The van der Waals surface area contributed by atoms with E-state index in [0.29, 0.717) is 17.0 Å². The maximum absolute atomic E-state index is 13.4. The van der Waals surface area contributed by atoms with Crippen LogP contribution < -0.4 is 9.64 Å². The van der Waals surface area contributed by atoms with Crippen LogP contribution in [-0.2, 0) is 9.59 Å². The number of phenols is 1. The van der Waals surface area contributed by atoms with E-state index in [-0.39, 0.29) is 21.9 Å². The number of ether oxygens (including phenoxy) is 1. The number of phenolic OH excluding ortho intramolecular Hbond substituents is 1. The lowest BCUT2D eigenvalue weighted by Crippen LogP contribution is -2.29. The smallest absolute Gasteiger partial charge is 0.300 e. The van der Waals surface area contributed by atoms with E-state index in [1.165, 1.54) is 42.3 Å². The Hall–Kier alpha value is -3.84. The van der Waals surface area contributed by atoms with Crippen LogP contribution in [-0.4, -0.2) is 29.0 Å². The summed E-state index contributed by atoms with van der Waals surface area (Å²) >= 11 is 6.24. The second kappa shape index (κ2) is 8.36. The number of benzene rings is 3. The Morgan fingerprint density at radius 1 is 1.06 bits per heavy atom. The maximum Gasteiger partial charge on any atom is 0.300 e. The van der Waals surface area contributed by atoms with Crippen LogP contribution in [0.25, 0.3) is 5.76 Å². The number of anilines is 1. The van der Waals surface area contributed by atoms with Crippen molar-refractivity contribution in [3.05, 3.63) is 94.3 Å². The van der Waals surface area contributed by atoms with Gasteiger partial charge in [0.2, 0.25) is 0 Å². The monoisotopic (exact) mass is 453 g/mol. The highest BCUT2D eigenvalue weighted by atomic mass is 35.5. The fourth-order valence-electron chi connectivity index (χ4n) is 3.68. The lowest BCUT2D eigenvalue weighted by Gasteiger charge is -2.26. The number of aliphatic hydroxyl groups excluding tert-OH is 1. The number of aromatic hydroxyl groups is 1. The summed E-state index contributed by atoms with van der Waals surface area (Å²) < 4.78 is 18.5. The van der Waals surface area contributed by atoms with Gasteiger partial charge in [-0.1, -0.05) is 23.7 Å². The van der Waals surface area contributed by atoms with Crippen molar-refractivity contribution < 1.29 is 28.9 Å². The van der Waals surface area contributed by atoms with Gasteiger partial charge in [-0.05, 0) is 60.2 Å². The molecule has 1 aliphatic heterocycles. The molecule has 1 heterocycles. The zero-order valence-corrected chi connectivity index (χ0v) is 17.5. The molecule has 4 rings (SSSR count). The normalized spacial score (nSPS) is 17.6. The van der Waals surface area contributed by atoms with Crippen LogP contribution in [0.4, 0.5) is 10.1 Å². The first-order valence-electron chi connectivity index (χ1n) is 9.51. The molecule has 6 nitrogen and oxygen atoms in total. The summed E-state index contributed by atoms with van der Waals surface area (Å²) in [5.74, 6) is -2.48. The van der Waals surface area contributed by atoms with Crippen molar-refractivity contribution >= 4 is 34.7 Å². The summed E-state index contributed by atoms with van der Waals surface area (Å²) in [5, 5.41) is 21.2. The fourth-order valence-corrected chi connectivity index (χ4v) is 3.93. The zero-order chi connectivity index (χ0) is 23.0. The number of carbonyl (C=O) groups is 2. The fraction of sp³-hybridized carbons (Fsp3) is 0.0833. The van der Waals surface area contributed by atoms with Gasteiger partial charge in [0.05, 0.1) is 23.7 Å². The molecule has 1 saturated heterocycles. The molecule has 1 aliphatic rings. The molecule has 1 amide bonds. The van der Waals surface area contributed by atoms with Gasteiger partial charge in [-0.3, -0.25) is 14.5 Å². The molecular formula is C24H17ClFNO5. The number of hydrogen-bond donors (Lipinski definition) is 2. The highest BCUT2D eigenvalue weighted by Gasteiger charge is 2.47. The van der Waals surface area contributed by atoms with Crippen LogP contribution in [0.2, 0.25) is 5.02 Å². The average molecular weight is 454 g/mol. The number of Topliss-reactive ketones (excluding diaryl/α,β-unsaturated/α-hetero) is 1. The van der Waals surface area contributed by atoms with Crippen molar-refractivity contribution in [2.75, 3.05) is 12.0 Å². The number of amides is 1. The third-order valence-electron chi connectivity index (χ3n) is 5.16. The topological polar surface area (TPSA) is 87.1 Å². The van der Waals surface area contributed by atoms with Crippen LogP contribution in [0, 0.1) is 5.82 Å². The molecular weight excluding hydrogens is 437 g/mol. The molecule has 8 heteroatoms. The van der Waals surface area contributed by atoms with Gasteiger partial charge in [0.1, 0.15) is 23.1 Å². The third kappa shape index (κ3) is 3.67. The maximum atomic E-state index is 13.4. The molecule has 0 radical (unpaired) electrons. The molecule has 162 valence electrons. The quantitative estimate of drug-likeness (QED) is 0.336. The number of aliphatic hydroxyl groups is 1. The van der Waals surface area contributed by atoms with Gasteiger partial charge >= 0.3 is 0 Å². The second-order valence-corrected chi connectivity index (χ2v) is 7.50. The number of halogens is 2. The lowest BCUT2D eigenvalue weighted by molar-refractivity contribution is -0.132. The summed E-state index contributed by atoms with van der Waals surface area (Å²) in [6.07, 6.45) is 0. The highest BCUT2D eigenvalue weighted by Crippen LogP contribution is 2.44. The number of methoxy groups -OCH3 is 1. The molecule has 32 heavy (non-hydrogen) atoms. The predicted octanol–water partition coefficient (Wildman–Crippen LogP) is 4.82. The molecule has 0 saturated carbocycles. The van der Waals surface area contributed by atoms with Crippen molar-refractivity contribution in [2.24, 2.45) is 0 Å². The largest absolute Gasteiger partial charge is 0.508 e. The Morgan fingerprint density at radius 3 is 2.41 bits per heavy atom. The van der Waals surface area contributed by atoms with Gasteiger partial charge in [-0.2, -0.15) is 0 Å². The minimum Gasteiger partial charge on any atom is -0.508 e. The molecule has 3 aromatic rings. The Morgan fingerprint density at radius 2 is 1.78 bits per heavy atom. The summed E-state index contributed by atoms with van der Waals surface area (Å²) in [6.45, 7) is 0. The van der Waals surface area contributed by atoms with Gasteiger partial charge in [-0.25, -0.2) is 4.39 Å². The van der Waals surface area contributed by atoms with Crippen LogP contribution in [0.1, 0.15) is 17.2 Å². The first-order chi connectivity index (χ1) is 15.3. The Kier molecular flexibility index (Phi) is 5.59. The number of hydrogen-bond acceptors (Lipinski definition) is 5. The van der Waals surface area contributed by atoms with Crippen LogP contribution in [0.3, 0.4) is 0 Å². The van der Waals surface area contributed by atoms with E-state index >= 15 is 0 Å². The molecule has 1 unspecified atom stereocenters. The van der Waals surface area contributed by atoms with Gasteiger partial charge < -0.3 is 14.9 Å². The number of carbonyl (C=O) groups excluding carboxylic acids is 2. The van der Waals surface area contributed by atoms with E-state index < -0.39 is 29.3 Å². The molecule has 0 aromatic heterocycles. The third-order valence-corrected chi connectivity index (χ3v) is 5.46. The van der Waals surface area contributed by atoms with E-state index in [2.05, 4.69) is 0 Å². The van der Waals surface area contributed by atoms with E-state index in [9.17, 15) is 24.2 Å². The van der Waals surface area contributed by atoms with Gasteiger partial charge in [0.25, 0.3) is 11.7 Å². The van der Waals surface area contributed by atoms with Crippen molar-refractivity contribution in [1.29, 1.82) is 0 Å². The standard InChI is InChI=1S/C24H17ClFNO5/c1-32-19-10-9-16(12-18(19)25)27-21(14-3-2-4-17(28)11-14)20(23(30)24(27)31)22(29)13-5-7-15(26)8-6-13/h2-12,21,28-29H,1H3/b22-20+. The van der Waals surface area contributed by atoms with E-state index in [1.54, 1.807) is 24.3 Å². The van der Waals surface area contributed by atoms with Gasteiger partial charge in [0.15, 0.2) is 0 Å². The zero-order valence-electron chi connectivity index (χ0n) is 16.8. The van der Waals surface area contributed by atoms with Crippen LogP contribution in [0.5, 0.6) is 11.5 Å². The second-order valence-electron chi connectivity index (χ2n) is 7.09. The lowest BCUT2D eigenvalue weighted by atomic mass is 9.95. The first-order valence-corrected chi connectivity index (χ1v) is 9.89. The molecule has 0 aliphatic carbocycles. The predicted molar refractivity (Wildman–Crippen MR) is 117 cm³/mol. The number of rotatable bonds is 4. The molecule has 1 atom stereocenters. The molecule has 0 spiro atoms. The van der Waals surface area contributed by atoms with Crippen molar-refractivity contribution in [2.45, 2.75) is 6.04 Å². The molecule has 1 fully saturated rings. The van der Waals surface area contributed by atoms with Gasteiger partial charge in [0, 0.05) is 11.3 Å². The van der Waals surface area contributed by atoms with E-state index in [1.807, 2.05) is 0 Å². The van der Waals surface area contributed by atoms with Crippen molar-refractivity contribution in [3.8, 4) is 11.5 Å². The highest BCUT2D eigenvalue weighted by molar-refractivity contribution is 6.51. The molecule has 2 N–H and O–H groups in total. The van der Waals surface area contributed by atoms with E-state index in [4.69, 9.17) is 16.3 Å². The average Bonchev–Trinajstić information content (AvgIpc) is 3.04. The molecule has 3 aromatic carbocycles. The SMILES string of the molecule is COc1ccc(N2C(=O)C(=O)/C(=C(/O)c3ccc(F)cc3)C2c2cccc(O)c2)cc1Cl. The Balaban J connectivity index is 1.95. The number of nitrogens with zero attached hydrogens (tertiary/aromatic N) is 1. The summed E-state index contributed by atoms with van der Waals surface area (Å²) in [4.78, 5) is 27.3. The minimum absolute atomic E-state index is 0.0809. The molecule has 0 bridgehead atoms. The summed E-state index contributed by atoms with van der Waals surface area (Å²) in [7, 11) is 1.45. The van der Waals surface area contributed by atoms with Crippen LogP contribution in [0.15, 0.2) is 72.3 Å². The Bertz CT molecular complexity index is 1260. The van der Waals surface area contributed by atoms with Crippen molar-refractivity contribution in [1.82, 2.24) is 0 Å². The summed E-state index contributed by atoms with van der Waals surface area (Å²) in [6, 6.07) is 14.4. The first kappa shape index (κ1) is 21.4. The van der Waals surface area contributed by atoms with Gasteiger partial charge in [-0.15, -0.1) is 0 Å². The van der Waals surface area contributed by atoms with Crippen molar-refractivity contribution in [3.63, 3.8) is 0 Å². The van der Waals surface area contributed by atoms with Crippen LogP contribution >= 0.6 is 11.6 Å². The Labute approximate surface area is 187 Å². The summed E-state index contributed by atoms with van der Waals surface area (Å²) in [5.41, 5.74) is 0.658. The number of ketones is 1. The minimum atomic E-state index is -1.06.